The largest absolute Gasteiger partial charge is 0.392 e. The molecule has 0 radical (unpaired) electrons. The van der Waals surface area contributed by atoms with Gasteiger partial charge in [-0.25, -0.2) is 0 Å². The summed E-state index contributed by atoms with van der Waals surface area (Å²) >= 11 is 0. The quantitative estimate of drug-likeness (QED) is 0.557. The first-order valence-corrected chi connectivity index (χ1v) is 4.43. The van der Waals surface area contributed by atoms with Gasteiger partial charge in [-0.3, -0.25) is 0 Å². The van der Waals surface area contributed by atoms with E-state index in [-0.39, 0.29) is 6.10 Å². The molecule has 3 nitrogen and oxygen atoms in total. The number of rotatable bonds is 4. The van der Waals surface area contributed by atoms with Gasteiger partial charge < -0.3 is 15.7 Å². The molecule has 1 rings (SSSR count). The van der Waals surface area contributed by atoms with Crippen molar-refractivity contribution in [1.29, 1.82) is 0 Å². The Hall–Kier alpha value is -0.120. The van der Waals surface area contributed by atoms with E-state index in [4.69, 9.17) is 5.73 Å². The molecule has 0 aromatic carbocycles. The van der Waals surface area contributed by atoms with E-state index in [9.17, 15) is 5.11 Å². The second-order valence-electron chi connectivity index (χ2n) is 3.24. The first-order chi connectivity index (χ1) is 5.33. The molecule has 3 N–H and O–H groups in total. The van der Waals surface area contributed by atoms with Crippen molar-refractivity contribution < 1.29 is 5.11 Å². The zero-order valence-electron chi connectivity index (χ0n) is 7.00. The summed E-state index contributed by atoms with van der Waals surface area (Å²) < 4.78 is 0. The van der Waals surface area contributed by atoms with E-state index < -0.39 is 0 Å². The van der Waals surface area contributed by atoms with Gasteiger partial charge in [0.2, 0.25) is 0 Å². The lowest BCUT2D eigenvalue weighted by molar-refractivity contribution is 0.176. The van der Waals surface area contributed by atoms with Crippen molar-refractivity contribution in [1.82, 2.24) is 4.90 Å². The van der Waals surface area contributed by atoms with Crippen molar-refractivity contribution in [3.8, 4) is 0 Å². The molecule has 0 aliphatic carbocycles. The predicted molar refractivity (Wildman–Crippen MR) is 45.4 cm³/mol. The maximum Gasteiger partial charge on any atom is 0.0679 e. The van der Waals surface area contributed by atoms with Crippen LogP contribution in [0.3, 0.4) is 0 Å². The molecular formula is C8H18N2O. The summed E-state index contributed by atoms with van der Waals surface area (Å²) in [5.74, 6) is 0. The third-order valence-electron chi connectivity index (χ3n) is 2.18. The first kappa shape index (κ1) is 8.97. The number of likely N-dealkylation sites (tertiary alicyclic amines) is 1. The minimum atomic E-state index is -0.0760. The van der Waals surface area contributed by atoms with Crippen LogP contribution >= 0.6 is 0 Å². The number of hydrogen-bond donors (Lipinski definition) is 2. The maximum absolute atomic E-state index is 9.19. The van der Waals surface area contributed by atoms with E-state index in [1.807, 2.05) is 0 Å². The van der Waals surface area contributed by atoms with Crippen molar-refractivity contribution in [2.24, 2.45) is 5.73 Å². The second kappa shape index (κ2) is 4.70. The van der Waals surface area contributed by atoms with Gasteiger partial charge in [-0.15, -0.1) is 0 Å². The number of aliphatic hydroxyl groups is 1. The Labute approximate surface area is 68.2 Å². The number of unbranched alkanes of at least 4 members (excludes halogenated alkanes) is 1. The molecule has 0 bridgehead atoms. The molecule has 3 heteroatoms. The molecule has 66 valence electrons. The fraction of sp³-hybridized carbons (Fsp3) is 1.00. The number of β-amino-alcohol motifs (C(OH)–C–C–N with tert-alkyl or cyclic N) is 1. The average molecular weight is 158 g/mol. The summed E-state index contributed by atoms with van der Waals surface area (Å²) in [5, 5.41) is 9.19. The number of hydrogen-bond acceptors (Lipinski definition) is 3. The van der Waals surface area contributed by atoms with Crippen molar-refractivity contribution in [2.75, 3.05) is 26.2 Å². The summed E-state index contributed by atoms with van der Waals surface area (Å²) in [4.78, 5) is 2.31. The average Bonchev–Trinajstić information content (AvgIpc) is 2.37. The van der Waals surface area contributed by atoms with Crippen LogP contribution in [0.4, 0.5) is 0 Å². The third-order valence-corrected chi connectivity index (χ3v) is 2.18. The number of nitrogens with zero attached hydrogens (tertiary/aromatic N) is 1. The van der Waals surface area contributed by atoms with Crippen LogP contribution < -0.4 is 5.73 Å². The van der Waals surface area contributed by atoms with Crippen LogP contribution in [0.5, 0.6) is 0 Å². The van der Waals surface area contributed by atoms with Crippen LogP contribution in [-0.4, -0.2) is 42.3 Å². The minimum absolute atomic E-state index is 0.0760. The lowest BCUT2D eigenvalue weighted by atomic mass is 10.3. The molecule has 0 spiro atoms. The molecule has 0 amide bonds. The SMILES string of the molecule is NCCCCN1CC[C@H](O)C1. The molecule has 11 heavy (non-hydrogen) atoms. The monoisotopic (exact) mass is 158 g/mol. The lowest BCUT2D eigenvalue weighted by Crippen LogP contribution is -2.23. The van der Waals surface area contributed by atoms with E-state index in [0.717, 1.165) is 39.0 Å². The van der Waals surface area contributed by atoms with Crippen LogP contribution in [-0.2, 0) is 0 Å². The Kier molecular flexibility index (Phi) is 3.83. The molecule has 1 saturated heterocycles. The van der Waals surface area contributed by atoms with Gasteiger partial charge >= 0.3 is 0 Å². The van der Waals surface area contributed by atoms with Crippen molar-refractivity contribution in [3.63, 3.8) is 0 Å². The normalized spacial score (nSPS) is 26.2. The van der Waals surface area contributed by atoms with Gasteiger partial charge in [0.1, 0.15) is 0 Å². The highest BCUT2D eigenvalue weighted by atomic mass is 16.3. The molecule has 1 aliphatic heterocycles. The zero-order chi connectivity index (χ0) is 8.10. The van der Waals surface area contributed by atoms with E-state index in [1.54, 1.807) is 0 Å². The van der Waals surface area contributed by atoms with Crippen molar-refractivity contribution >= 4 is 0 Å². The van der Waals surface area contributed by atoms with Crippen LogP contribution in [0.1, 0.15) is 19.3 Å². The van der Waals surface area contributed by atoms with Crippen LogP contribution in [0.25, 0.3) is 0 Å². The smallest absolute Gasteiger partial charge is 0.0679 e. The van der Waals surface area contributed by atoms with Crippen LogP contribution in [0.15, 0.2) is 0 Å². The summed E-state index contributed by atoms with van der Waals surface area (Å²) in [6.45, 7) is 3.82. The highest BCUT2D eigenvalue weighted by Gasteiger charge is 2.18. The second-order valence-corrected chi connectivity index (χ2v) is 3.24. The maximum atomic E-state index is 9.19. The van der Waals surface area contributed by atoms with E-state index in [1.165, 1.54) is 6.42 Å². The third kappa shape index (κ3) is 3.18. The number of aliphatic hydroxyl groups excluding tert-OH is 1. The highest BCUT2D eigenvalue weighted by Crippen LogP contribution is 2.08. The van der Waals surface area contributed by atoms with Gasteiger partial charge in [0.15, 0.2) is 0 Å². The topological polar surface area (TPSA) is 49.5 Å². The fourth-order valence-corrected chi connectivity index (χ4v) is 1.50. The Morgan fingerprint density at radius 1 is 1.45 bits per heavy atom. The molecule has 0 saturated carbocycles. The Morgan fingerprint density at radius 2 is 2.27 bits per heavy atom. The van der Waals surface area contributed by atoms with Gasteiger partial charge in [0.25, 0.3) is 0 Å². The summed E-state index contributed by atoms with van der Waals surface area (Å²) in [6.07, 6.45) is 3.14. The van der Waals surface area contributed by atoms with E-state index >= 15 is 0 Å². The van der Waals surface area contributed by atoms with Gasteiger partial charge in [-0.2, -0.15) is 0 Å². The standard InChI is InChI=1S/C8H18N2O/c9-4-1-2-5-10-6-3-8(11)7-10/h8,11H,1-7,9H2/t8-/m0/s1. The zero-order valence-corrected chi connectivity index (χ0v) is 7.00. The predicted octanol–water partition coefficient (Wildman–Crippen LogP) is -0.208. The Morgan fingerprint density at radius 3 is 2.82 bits per heavy atom. The van der Waals surface area contributed by atoms with Gasteiger partial charge in [-0.1, -0.05) is 0 Å². The van der Waals surface area contributed by atoms with Crippen molar-refractivity contribution in [3.05, 3.63) is 0 Å². The van der Waals surface area contributed by atoms with Gasteiger partial charge in [0, 0.05) is 13.1 Å². The summed E-state index contributed by atoms with van der Waals surface area (Å²) in [5.41, 5.74) is 5.37. The minimum Gasteiger partial charge on any atom is -0.392 e. The van der Waals surface area contributed by atoms with Crippen molar-refractivity contribution in [2.45, 2.75) is 25.4 Å². The van der Waals surface area contributed by atoms with E-state index in [0.29, 0.717) is 0 Å². The number of nitrogens with two attached hydrogens (primary N) is 1. The highest BCUT2D eigenvalue weighted by molar-refractivity contribution is 4.73. The van der Waals surface area contributed by atoms with Gasteiger partial charge in [0.05, 0.1) is 6.10 Å². The van der Waals surface area contributed by atoms with E-state index in [2.05, 4.69) is 4.90 Å². The molecule has 1 heterocycles. The van der Waals surface area contributed by atoms with Gasteiger partial charge in [-0.05, 0) is 32.4 Å². The summed E-state index contributed by atoms with van der Waals surface area (Å²) in [6, 6.07) is 0. The molecule has 0 aromatic heterocycles. The lowest BCUT2D eigenvalue weighted by Gasteiger charge is -2.13. The Balaban J connectivity index is 1.99. The molecule has 0 aromatic rings. The molecular weight excluding hydrogens is 140 g/mol. The molecule has 1 fully saturated rings. The molecule has 0 unspecified atom stereocenters. The summed E-state index contributed by atoms with van der Waals surface area (Å²) in [7, 11) is 0. The van der Waals surface area contributed by atoms with Crippen LogP contribution in [0, 0.1) is 0 Å². The molecule has 1 aliphatic rings. The molecule has 1 atom stereocenters. The van der Waals surface area contributed by atoms with Crippen LogP contribution in [0.2, 0.25) is 0 Å². The Bertz CT molecular complexity index is 108. The fourth-order valence-electron chi connectivity index (χ4n) is 1.50. The first-order valence-electron chi connectivity index (χ1n) is 4.43.